The van der Waals surface area contributed by atoms with Gasteiger partial charge in [-0.3, -0.25) is 0 Å². The Labute approximate surface area is 243 Å². The topological polar surface area (TPSA) is 20.2 Å². The Morgan fingerprint density at radius 1 is 0.475 bits per heavy atom. The molecular formula is C39H48O. The van der Waals surface area contributed by atoms with Crippen LogP contribution in [0.4, 0.5) is 0 Å². The number of aryl methyl sites for hydroxylation is 3. The van der Waals surface area contributed by atoms with E-state index in [1.54, 1.807) is 12.1 Å². The van der Waals surface area contributed by atoms with Crippen LogP contribution >= 0.6 is 0 Å². The van der Waals surface area contributed by atoms with Gasteiger partial charge >= 0.3 is 0 Å². The van der Waals surface area contributed by atoms with E-state index in [0.717, 1.165) is 50.4 Å². The minimum atomic E-state index is 0.336. The van der Waals surface area contributed by atoms with Crippen molar-refractivity contribution < 1.29 is 5.11 Å². The molecule has 0 aliphatic carbocycles. The first-order chi connectivity index (χ1) is 19.3. The van der Waals surface area contributed by atoms with Gasteiger partial charge in [-0.15, -0.1) is 0 Å². The first kappa shape index (κ1) is 29.7. The van der Waals surface area contributed by atoms with E-state index in [4.69, 9.17) is 0 Å². The Balaban J connectivity index is 1.49. The van der Waals surface area contributed by atoms with Crippen molar-refractivity contribution in [1.29, 1.82) is 0 Å². The lowest BCUT2D eigenvalue weighted by Crippen LogP contribution is -2.10. The lowest BCUT2D eigenvalue weighted by Gasteiger charge is -2.19. The van der Waals surface area contributed by atoms with E-state index in [9.17, 15) is 5.11 Å². The summed E-state index contributed by atoms with van der Waals surface area (Å²) in [6.45, 7) is 9.19. The Morgan fingerprint density at radius 3 is 1.60 bits per heavy atom. The Kier molecular flexibility index (Phi) is 11.0. The van der Waals surface area contributed by atoms with E-state index in [1.165, 1.54) is 51.8 Å². The zero-order chi connectivity index (χ0) is 28.3. The van der Waals surface area contributed by atoms with Crippen LogP contribution in [0.1, 0.15) is 74.8 Å². The van der Waals surface area contributed by atoms with Crippen LogP contribution in [0, 0.1) is 17.8 Å². The molecule has 1 unspecified atom stereocenters. The lowest BCUT2D eigenvalue weighted by atomic mass is 9.86. The molecule has 4 aromatic rings. The summed E-state index contributed by atoms with van der Waals surface area (Å²) in [7, 11) is 0. The molecule has 0 aliphatic heterocycles. The number of hydrogen-bond acceptors (Lipinski definition) is 1. The summed E-state index contributed by atoms with van der Waals surface area (Å²) in [6, 6.07) is 35.4. The van der Waals surface area contributed by atoms with Crippen molar-refractivity contribution in [2.45, 2.75) is 79.1 Å². The van der Waals surface area contributed by atoms with Gasteiger partial charge in [0.25, 0.3) is 0 Å². The summed E-state index contributed by atoms with van der Waals surface area (Å²) in [5.74, 6) is 2.34. The van der Waals surface area contributed by atoms with Crippen LogP contribution in [0.5, 0.6) is 5.75 Å². The standard InChI is InChI=1S/C39H48O/c1-29(2)11-13-31-17-21-37(22-18-31)38-10-6-9-35(28-38)27-36(16-15-32-19-23-39(40)24-20-32)26-34-8-5-7-33(25-34)14-12-30(3)4/h5-10,17-25,28-30,36,40H,11-16,26-27H2,1-4H3. The highest BCUT2D eigenvalue weighted by Gasteiger charge is 2.13. The van der Waals surface area contributed by atoms with Gasteiger partial charge in [-0.05, 0) is 120 Å². The van der Waals surface area contributed by atoms with Crippen molar-refractivity contribution in [2.75, 3.05) is 0 Å². The highest BCUT2D eigenvalue weighted by atomic mass is 16.3. The molecule has 0 saturated carbocycles. The van der Waals surface area contributed by atoms with E-state index in [0.29, 0.717) is 11.7 Å². The normalized spacial score (nSPS) is 12.2. The van der Waals surface area contributed by atoms with Crippen LogP contribution in [-0.4, -0.2) is 5.11 Å². The van der Waals surface area contributed by atoms with Crippen LogP contribution in [0.3, 0.4) is 0 Å². The number of aromatic hydroxyl groups is 1. The van der Waals surface area contributed by atoms with E-state index >= 15 is 0 Å². The maximum Gasteiger partial charge on any atom is 0.115 e. The minimum absolute atomic E-state index is 0.336. The molecule has 0 radical (unpaired) electrons. The van der Waals surface area contributed by atoms with Crippen molar-refractivity contribution in [3.05, 3.63) is 125 Å². The highest BCUT2D eigenvalue weighted by Crippen LogP contribution is 2.26. The van der Waals surface area contributed by atoms with Crippen LogP contribution < -0.4 is 0 Å². The fourth-order valence-corrected chi connectivity index (χ4v) is 5.54. The van der Waals surface area contributed by atoms with Crippen molar-refractivity contribution in [2.24, 2.45) is 17.8 Å². The summed E-state index contributed by atoms with van der Waals surface area (Å²) >= 11 is 0. The number of phenols is 1. The van der Waals surface area contributed by atoms with E-state index in [-0.39, 0.29) is 0 Å². The van der Waals surface area contributed by atoms with Gasteiger partial charge in [0.2, 0.25) is 0 Å². The third kappa shape index (κ3) is 9.70. The molecule has 210 valence electrons. The fraction of sp³-hybridized carbons (Fsp3) is 0.385. The van der Waals surface area contributed by atoms with Gasteiger partial charge in [-0.1, -0.05) is 113 Å². The molecule has 0 aliphatic rings. The van der Waals surface area contributed by atoms with Crippen LogP contribution in [0.25, 0.3) is 11.1 Å². The first-order valence-corrected chi connectivity index (χ1v) is 15.4. The smallest absolute Gasteiger partial charge is 0.115 e. The highest BCUT2D eigenvalue weighted by molar-refractivity contribution is 5.64. The molecule has 40 heavy (non-hydrogen) atoms. The van der Waals surface area contributed by atoms with Crippen LogP contribution in [-0.2, 0) is 32.1 Å². The summed E-state index contributed by atoms with van der Waals surface area (Å²) < 4.78 is 0. The maximum absolute atomic E-state index is 9.71. The zero-order valence-corrected chi connectivity index (χ0v) is 25.1. The van der Waals surface area contributed by atoms with Gasteiger partial charge in [-0.25, -0.2) is 0 Å². The molecule has 4 rings (SSSR count). The minimum Gasteiger partial charge on any atom is -0.508 e. The molecule has 0 amide bonds. The van der Waals surface area contributed by atoms with Crippen LogP contribution in [0.2, 0.25) is 0 Å². The Hall–Kier alpha value is -3.32. The predicted octanol–water partition coefficient (Wildman–Crippen LogP) is 10.3. The first-order valence-electron chi connectivity index (χ1n) is 15.4. The predicted molar refractivity (Wildman–Crippen MR) is 172 cm³/mol. The largest absolute Gasteiger partial charge is 0.508 e. The molecule has 0 spiro atoms. The molecule has 1 atom stereocenters. The van der Waals surface area contributed by atoms with Crippen LogP contribution in [0.15, 0.2) is 97.1 Å². The molecule has 4 aromatic carbocycles. The number of benzene rings is 4. The molecule has 0 bridgehead atoms. The molecule has 1 N–H and O–H groups in total. The summed E-state index contributed by atoms with van der Waals surface area (Å²) in [6.07, 6.45) is 9.07. The summed E-state index contributed by atoms with van der Waals surface area (Å²) in [5, 5.41) is 9.71. The lowest BCUT2D eigenvalue weighted by molar-refractivity contribution is 0.472. The van der Waals surface area contributed by atoms with Crippen molar-refractivity contribution >= 4 is 0 Å². The van der Waals surface area contributed by atoms with E-state index < -0.39 is 0 Å². The Morgan fingerprint density at radius 2 is 0.975 bits per heavy atom. The second kappa shape index (κ2) is 14.9. The second-order valence-corrected chi connectivity index (χ2v) is 12.6. The third-order valence-corrected chi connectivity index (χ3v) is 8.05. The van der Waals surface area contributed by atoms with Gasteiger partial charge in [0.15, 0.2) is 0 Å². The third-order valence-electron chi connectivity index (χ3n) is 8.05. The maximum atomic E-state index is 9.71. The van der Waals surface area contributed by atoms with Gasteiger partial charge < -0.3 is 5.11 Å². The van der Waals surface area contributed by atoms with Gasteiger partial charge in [-0.2, -0.15) is 0 Å². The van der Waals surface area contributed by atoms with Crippen molar-refractivity contribution in [1.82, 2.24) is 0 Å². The van der Waals surface area contributed by atoms with E-state index in [2.05, 4.69) is 113 Å². The molecule has 0 aromatic heterocycles. The molecular weight excluding hydrogens is 484 g/mol. The summed E-state index contributed by atoms with van der Waals surface area (Å²) in [4.78, 5) is 0. The van der Waals surface area contributed by atoms with Crippen molar-refractivity contribution in [3.8, 4) is 16.9 Å². The molecule has 1 nitrogen and oxygen atoms in total. The number of rotatable bonds is 14. The summed E-state index contributed by atoms with van der Waals surface area (Å²) in [5.41, 5.74) is 9.65. The van der Waals surface area contributed by atoms with Gasteiger partial charge in [0.1, 0.15) is 5.75 Å². The molecule has 0 fully saturated rings. The zero-order valence-electron chi connectivity index (χ0n) is 25.1. The number of phenolic OH excluding ortho intramolecular Hbond substituents is 1. The SMILES string of the molecule is CC(C)CCc1ccc(-c2cccc(CC(CCc3ccc(O)cc3)Cc3cccc(CCC(C)C)c3)c2)cc1. The van der Waals surface area contributed by atoms with E-state index in [1.807, 2.05) is 0 Å². The number of hydrogen-bond donors (Lipinski definition) is 1. The van der Waals surface area contributed by atoms with Crippen molar-refractivity contribution in [3.63, 3.8) is 0 Å². The van der Waals surface area contributed by atoms with Gasteiger partial charge in [0, 0.05) is 0 Å². The van der Waals surface area contributed by atoms with Gasteiger partial charge in [0.05, 0.1) is 0 Å². The molecule has 0 heterocycles. The molecule has 0 saturated heterocycles. The monoisotopic (exact) mass is 532 g/mol. The average molecular weight is 533 g/mol. The fourth-order valence-electron chi connectivity index (χ4n) is 5.54. The second-order valence-electron chi connectivity index (χ2n) is 12.6. The molecule has 1 heteroatoms. The Bertz CT molecular complexity index is 1300. The average Bonchev–Trinajstić information content (AvgIpc) is 2.95. The quantitative estimate of drug-likeness (QED) is 0.171.